The minimum atomic E-state index is -3.88. The van der Waals surface area contributed by atoms with Crippen LogP contribution in [0.15, 0.2) is 94.7 Å². The zero-order chi connectivity index (χ0) is 26.9. The fourth-order valence-corrected chi connectivity index (χ4v) is 5.56. The first-order chi connectivity index (χ1) is 17.6. The van der Waals surface area contributed by atoms with Crippen LogP contribution in [-0.2, 0) is 24.8 Å². The van der Waals surface area contributed by atoms with Gasteiger partial charge in [0.05, 0.1) is 22.4 Å². The quantitative estimate of drug-likeness (QED) is 0.302. The van der Waals surface area contributed by atoms with E-state index in [4.69, 9.17) is 0 Å². The van der Waals surface area contributed by atoms with Gasteiger partial charge in [0.15, 0.2) is 5.78 Å². The highest BCUT2D eigenvalue weighted by atomic mass is 32.2. The molecular formula is C26H29N3O6S2. The number of carbonyl (C=O) groups excluding carboxylic acids is 2. The summed E-state index contributed by atoms with van der Waals surface area (Å²) in [5, 5.41) is 2.67. The fraction of sp³-hybridized carbons (Fsp3) is 0.231. The minimum absolute atomic E-state index is 0.0340. The molecule has 3 rings (SSSR count). The van der Waals surface area contributed by atoms with Gasteiger partial charge in [-0.2, -0.15) is 0 Å². The normalized spacial score (nSPS) is 12.5. The molecule has 9 nitrogen and oxygen atoms in total. The number of ketones is 1. The molecule has 1 amide bonds. The average molecular weight is 544 g/mol. The Balaban J connectivity index is 1.70. The van der Waals surface area contributed by atoms with Gasteiger partial charge in [0.2, 0.25) is 10.0 Å². The van der Waals surface area contributed by atoms with Gasteiger partial charge in [-0.05, 0) is 48.9 Å². The van der Waals surface area contributed by atoms with E-state index in [0.717, 1.165) is 6.42 Å². The van der Waals surface area contributed by atoms with Crippen LogP contribution >= 0.6 is 0 Å². The van der Waals surface area contributed by atoms with Crippen LogP contribution < -0.4 is 14.8 Å². The molecule has 11 heteroatoms. The number of benzene rings is 3. The molecule has 1 atom stereocenters. The lowest BCUT2D eigenvalue weighted by atomic mass is 10.0. The number of anilines is 1. The Morgan fingerprint density at radius 2 is 1.38 bits per heavy atom. The first-order valence-electron chi connectivity index (χ1n) is 11.7. The monoisotopic (exact) mass is 543 g/mol. The zero-order valence-electron chi connectivity index (χ0n) is 20.3. The molecule has 0 radical (unpaired) electrons. The number of carbonyl (C=O) groups is 2. The molecule has 0 aliphatic rings. The molecule has 1 unspecified atom stereocenters. The summed E-state index contributed by atoms with van der Waals surface area (Å²) in [6.07, 6.45) is 1.74. The lowest BCUT2D eigenvalue weighted by Crippen LogP contribution is -2.45. The number of rotatable bonds is 13. The highest BCUT2D eigenvalue weighted by molar-refractivity contribution is 7.92. The summed E-state index contributed by atoms with van der Waals surface area (Å²) in [5.41, 5.74) is 0.330. The van der Waals surface area contributed by atoms with E-state index in [1.165, 1.54) is 48.5 Å². The van der Waals surface area contributed by atoms with E-state index in [-0.39, 0.29) is 21.0 Å². The predicted octanol–water partition coefficient (Wildman–Crippen LogP) is 3.32. The summed E-state index contributed by atoms with van der Waals surface area (Å²) in [6, 6.07) is 20.5. The van der Waals surface area contributed by atoms with E-state index in [2.05, 4.69) is 14.8 Å². The van der Waals surface area contributed by atoms with Crippen molar-refractivity contribution in [3.8, 4) is 0 Å². The second kappa shape index (κ2) is 12.6. The van der Waals surface area contributed by atoms with Gasteiger partial charge in [-0.3, -0.25) is 14.3 Å². The molecule has 37 heavy (non-hydrogen) atoms. The molecule has 3 aromatic carbocycles. The lowest BCUT2D eigenvalue weighted by molar-refractivity contribution is -0.120. The van der Waals surface area contributed by atoms with Crippen LogP contribution in [-0.4, -0.2) is 41.1 Å². The Kier molecular flexibility index (Phi) is 9.56. The van der Waals surface area contributed by atoms with Gasteiger partial charge in [0, 0.05) is 11.3 Å². The van der Waals surface area contributed by atoms with E-state index in [0.29, 0.717) is 12.8 Å². The highest BCUT2D eigenvalue weighted by Crippen LogP contribution is 2.17. The summed E-state index contributed by atoms with van der Waals surface area (Å²) in [4.78, 5) is 25.9. The van der Waals surface area contributed by atoms with E-state index in [1.807, 2.05) is 6.92 Å². The van der Waals surface area contributed by atoms with Crippen molar-refractivity contribution >= 4 is 37.4 Å². The molecule has 0 bridgehead atoms. The van der Waals surface area contributed by atoms with E-state index in [9.17, 15) is 26.4 Å². The first-order valence-corrected chi connectivity index (χ1v) is 14.7. The van der Waals surface area contributed by atoms with Crippen molar-refractivity contribution in [1.82, 2.24) is 10.0 Å². The molecular weight excluding hydrogens is 514 g/mol. The maximum Gasteiger partial charge on any atom is 0.261 e. The van der Waals surface area contributed by atoms with Crippen molar-refractivity contribution in [3.05, 3.63) is 90.5 Å². The van der Waals surface area contributed by atoms with Gasteiger partial charge in [-0.1, -0.05) is 62.2 Å². The molecule has 0 spiro atoms. The largest absolute Gasteiger partial charge is 0.342 e. The van der Waals surface area contributed by atoms with Crippen LogP contribution in [0.1, 0.15) is 36.5 Å². The summed E-state index contributed by atoms with van der Waals surface area (Å²) in [7, 11) is -7.73. The third-order valence-corrected chi connectivity index (χ3v) is 8.28. The Hall–Kier alpha value is -3.54. The second-order valence-corrected chi connectivity index (χ2v) is 11.7. The molecule has 0 aliphatic carbocycles. The van der Waals surface area contributed by atoms with Crippen LogP contribution in [0.5, 0.6) is 0 Å². The number of hydrogen-bond acceptors (Lipinski definition) is 6. The van der Waals surface area contributed by atoms with Crippen LogP contribution in [0.4, 0.5) is 5.69 Å². The molecule has 0 heterocycles. The van der Waals surface area contributed by atoms with Crippen molar-refractivity contribution in [2.24, 2.45) is 0 Å². The van der Waals surface area contributed by atoms with E-state index >= 15 is 0 Å². The lowest BCUT2D eigenvalue weighted by Gasteiger charge is -2.18. The van der Waals surface area contributed by atoms with Crippen molar-refractivity contribution in [2.45, 2.75) is 42.0 Å². The van der Waals surface area contributed by atoms with Crippen LogP contribution in [0.2, 0.25) is 0 Å². The number of nitrogens with one attached hydrogen (secondary N) is 3. The third-order valence-electron chi connectivity index (χ3n) is 5.46. The number of unbranched alkanes of at least 4 members (excludes halogenated alkanes) is 1. The number of amides is 1. The minimum Gasteiger partial charge on any atom is -0.342 e. The Morgan fingerprint density at radius 3 is 1.97 bits per heavy atom. The van der Waals surface area contributed by atoms with Crippen LogP contribution in [0, 0.1) is 0 Å². The second-order valence-electron chi connectivity index (χ2n) is 8.27. The molecule has 0 fully saturated rings. The smallest absolute Gasteiger partial charge is 0.261 e. The third kappa shape index (κ3) is 7.97. The molecule has 0 aromatic heterocycles. The van der Waals surface area contributed by atoms with Gasteiger partial charge in [-0.25, -0.2) is 21.6 Å². The maximum absolute atomic E-state index is 13.0. The Bertz CT molecular complexity index is 1430. The molecule has 3 aromatic rings. The summed E-state index contributed by atoms with van der Waals surface area (Å²) in [6.45, 7) is 1.45. The van der Waals surface area contributed by atoms with Gasteiger partial charge in [0.25, 0.3) is 15.9 Å². The highest BCUT2D eigenvalue weighted by Gasteiger charge is 2.24. The van der Waals surface area contributed by atoms with Gasteiger partial charge in [0.1, 0.15) is 0 Å². The maximum atomic E-state index is 13.0. The molecule has 0 aliphatic heterocycles. The molecule has 3 N–H and O–H groups in total. The molecule has 0 saturated heterocycles. The van der Waals surface area contributed by atoms with Gasteiger partial charge >= 0.3 is 0 Å². The summed E-state index contributed by atoms with van der Waals surface area (Å²) < 4.78 is 54.9. The number of sulfonamides is 2. The summed E-state index contributed by atoms with van der Waals surface area (Å²) >= 11 is 0. The van der Waals surface area contributed by atoms with Crippen molar-refractivity contribution in [3.63, 3.8) is 0 Å². The van der Waals surface area contributed by atoms with E-state index in [1.54, 1.807) is 36.4 Å². The average Bonchev–Trinajstić information content (AvgIpc) is 2.90. The van der Waals surface area contributed by atoms with Crippen molar-refractivity contribution in [2.75, 3.05) is 11.3 Å². The fourth-order valence-electron chi connectivity index (χ4n) is 3.47. The van der Waals surface area contributed by atoms with Crippen molar-refractivity contribution in [1.29, 1.82) is 0 Å². The Morgan fingerprint density at radius 1 is 0.784 bits per heavy atom. The van der Waals surface area contributed by atoms with Crippen LogP contribution in [0.25, 0.3) is 0 Å². The molecule has 0 saturated carbocycles. The van der Waals surface area contributed by atoms with Gasteiger partial charge in [-0.15, -0.1) is 0 Å². The topological polar surface area (TPSA) is 139 Å². The zero-order valence-corrected chi connectivity index (χ0v) is 21.9. The van der Waals surface area contributed by atoms with E-state index < -0.39 is 44.3 Å². The molecule has 196 valence electrons. The van der Waals surface area contributed by atoms with Crippen LogP contribution in [0.3, 0.4) is 0 Å². The number of Topliss-reactive ketones (excluding diaryl/α,β-unsaturated/α-hetero) is 1. The SMILES string of the molecule is CCCCC(NC(=O)c1cccc(NS(=O)(=O)c2ccccc2)c1)C(=O)CNS(=O)(=O)c1ccccc1. The van der Waals surface area contributed by atoms with Crippen molar-refractivity contribution < 1.29 is 26.4 Å². The summed E-state index contributed by atoms with van der Waals surface area (Å²) in [5.74, 6) is -1.07. The predicted molar refractivity (Wildman–Crippen MR) is 141 cm³/mol. The number of hydrogen-bond donors (Lipinski definition) is 3. The standard InChI is InChI=1S/C26H29N3O6S2/c1-2-3-17-24(25(30)19-27-36(32,33)22-13-6-4-7-14-22)28-26(31)20-11-10-12-21(18-20)29-37(34,35)23-15-8-5-9-16-23/h4-16,18,24,27,29H,2-3,17,19H2,1H3,(H,28,31). The first kappa shape index (κ1) is 28.0. The Labute approximate surface area is 217 Å². The van der Waals surface area contributed by atoms with Gasteiger partial charge < -0.3 is 5.32 Å².